The first-order valence-electron chi connectivity index (χ1n) is 4.50. The topological polar surface area (TPSA) is 38.8 Å². The van der Waals surface area contributed by atoms with Crippen molar-refractivity contribution in [2.75, 3.05) is 6.61 Å². The molecule has 1 atom stereocenters. The van der Waals surface area contributed by atoms with Gasteiger partial charge in [-0.2, -0.15) is 0 Å². The predicted molar refractivity (Wildman–Crippen MR) is 56.1 cm³/mol. The Bertz CT molecular complexity index is 259. The molecule has 0 aromatic rings. The van der Waals surface area contributed by atoms with Crippen molar-refractivity contribution in [2.24, 2.45) is 0 Å². The lowest BCUT2D eigenvalue weighted by Crippen LogP contribution is -2.41. The fourth-order valence-electron chi connectivity index (χ4n) is 1.08. The number of rotatable bonds is 0. The SMILES string of the molecule is C[C@H]1COC(=S)N1C(=O)OC(C)(C)C. The minimum atomic E-state index is -0.505. The predicted octanol–water partition coefficient (Wildman–Crippen LogP) is 1.93. The average molecular weight is 217 g/mol. The molecule has 0 saturated carbocycles. The minimum absolute atomic E-state index is 0.0441. The number of hydrogen-bond acceptors (Lipinski definition) is 4. The highest BCUT2D eigenvalue weighted by Crippen LogP contribution is 2.17. The van der Waals surface area contributed by atoms with Crippen LogP contribution < -0.4 is 0 Å². The van der Waals surface area contributed by atoms with E-state index < -0.39 is 11.7 Å². The zero-order chi connectivity index (χ0) is 10.9. The van der Waals surface area contributed by atoms with E-state index in [4.69, 9.17) is 21.7 Å². The molecule has 1 saturated heterocycles. The van der Waals surface area contributed by atoms with Crippen molar-refractivity contribution in [1.82, 2.24) is 4.90 Å². The van der Waals surface area contributed by atoms with Gasteiger partial charge in [-0.25, -0.2) is 9.69 Å². The van der Waals surface area contributed by atoms with E-state index in [1.54, 1.807) is 0 Å². The van der Waals surface area contributed by atoms with E-state index in [1.165, 1.54) is 4.90 Å². The van der Waals surface area contributed by atoms with E-state index in [0.29, 0.717) is 6.61 Å². The monoisotopic (exact) mass is 217 g/mol. The summed E-state index contributed by atoms with van der Waals surface area (Å²) >= 11 is 4.89. The first kappa shape index (κ1) is 11.2. The van der Waals surface area contributed by atoms with Gasteiger partial charge in [-0.05, 0) is 39.9 Å². The quantitative estimate of drug-likeness (QED) is 0.581. The maximum Gasteiger partial charge on any atom is 0.418 e. The lowest BCUT2D eigenvalue weighted by molar-refractivity contribution is 0.0349. The van der Waals surface area contributed by atoms with Crippen molar-refractivity contribution in [3.63, 3.8) is 0 Å². The van der Waals surface area contributed by atoms with Crippen LogP contribution in [0, 0.1) is 0 Å². The van der Waals surface area contributed by atoms with Crippen LogP contribution in [0.4, 0.5) is 4.79 Å². The van der Waals surface area contributed by atoms with Gasteiger partial charge in [-0.1, -0.05) is 0 Å². The molecule has 1 fully saturated rings. The van der Waals surface area contributed by atoms with Gasteiger partial charge in [-0.15, -0.1) is 0 Å². The van der Waals surface area contributed by atoms with Crippen LogP contribution in [-0.4, -0.2) is 34.4 Å². The normalized spacial score (nSPS) is 22.1. The molecule has 0 radical (unpaired) electrons. The van der Waals surface area contributed by atoms with Crippen LogP contribution in [0.5, 0.6) is 0 Å². The van der Waals surface area contributed by atoms with E-state index >= 15 is 0 Å². The molecule has 4 nitrogen and oxygen atoms in total. The van der Waals surface area contributed by atoms with Gasteiger partial charge in [0, 0.05) is 0 Å². The van der Waals surface area contributed by atoms with Gasteiger partial charge < -0.3 is 9.47 Å². The second kappa shape index (κ2) is 3.73. The summed E-state index contributed by atoms with van der Waals surface area (Å²) in [6.45, 7) is 7.75. The summed E-state index contributed by atoms with van der Waals surface area (Å²) in [6.07, 6.45) is -0.438. The molecule has 0 N–H and O–H groups in total. The standard InChI is InChI=1S/C9H15NO3S/c1-6-5-12-8(14)10(6)7(11)13-9(2,3)4/h6H,5H2,1-4H3/t6-/m0/s1. The molecule has 0 aliphatic carbocycles. The number of carbonyl (C=O) groups is 1. The van der Waals surface area contributed by atoms with E-state index in [9.17, 15) is 4.79 Å². The van der Waals surface area contributed by atoms with Crippen LogP contribution in [-0.2, 0) is 9.47 Å². The van der Waals surface area contributed by atoms with Crippen LogP contribution in [0.1, 0.15) is 27.7 Å². The zero-order valence-corrected chi connectivity index (χ0v) is 9.68. The maximum absolute atomic E-state index is 11.6. The maximum atomic E-state index is 11.6. The molecule has 5 heteroatoms. The molecule has 1 aliphatic rings. The summed E-state index contributed by atoms with van der Waals surface area (Å²) in [5.74, 6) is 0. The molecule has 0 aromatic carbocycles. The molecule has 1 rings (SSSR count). The molecular weight excluding hydrogens is 202 g/mol. The van der Waals surface area contributed by atoms with Gasteiger partial charge in [0.2, 0.25) is 0 Å². The van der Waals surface area contributed by atoms with E-state index in [-0.39, 0.29) is 11.2 Å². The first-order chi connectivity index (χ1) is 6.31. The summed E-state index contributed by atoms with van der Waals surface area (Å²) in [6, 6.07) is -0.0441. The number of thiocarbonyl (C=S) groups is 1. The third-order valence-corrected chi connectivity index (χ3v) is 1.99. The van der Waals surface area contributed by atoms with Gasteiger partial charge in [0.05, 0.1) is 6.04 Å². The van der Waals surface area contributed by atoms with Crippen molar-refractivity contribution in [1.29, 1.82) is 0 Å². The summed E-state index contributed by atoms with van der Waals surface area (Å²) in [5, 5.41) is 0.201. The number of amides is 1. The lowest BCUT2D eigenvalue weighted by atomic mass is 10.2. The highest BCUT2D eigenvalue weighted by atomic mass is 32.1. The summed E-state index contributed by atoms with van der Waals surface area (Å²) in [7, 11) is 0. The van der Waals surface area contributed by atoms with Gasteiger partial charge >= 0.3 is 6.09 Å². The summed E-state index contributed by atoms with van der Waals surface area (Å²) in [5.41, 5.74) is -0.505. The molecule has 0 spiro atoms. The highest BCUT2D eigenvalue weighted by molar-refractivity contribution is 7.80. The number of ether oxygens (including phenoxy) is 2. The van der Waals surface area contributed by atoms with Gasteiger partial charge in [-0.3, -0.25) is 0 Å². The Hall–Kier alpha value is -0.840. The molecule has 0 unspecified atom stereocenters. The Morgan fingerprint density at radius 1 is 1.64 bits per heavy atom. The smallest absolute Gasteiger partial charge is 0.418 e. The van der Waals surface area contributed by atoms with Crippen LogP contribution in [0.25, 0.3) is 0 Å². The minimum Gasteiger partial charge on any atom is -0.468 e. The fraction of sp³-hybridized carbons (Fsp3) is 0.778. The molecule has 0 aromatic heterocycles. The largest absolute Gasteiger partial charge is 0.468 e. The van der Waals surface area contributed by atoms with Crippen LogP contribution in [0.3, 0.4) is 0 Å². The third kappa shape index (κ3) is 2.57. The highest BCUT2D eigenvalue weighted by Gasteiger charge is 2.35. The average Bonchev–Trinajstić information content (AvgIpc) is 2.27. The second-order valence-electron chi connectivity index (χ2n) is 4.28. The molecule has 1 heterocycles. The lowest BCUT2D eigenvalue weighted by Gasteiger charge is -2.24. The summed E-state index contributed by atoms with van der Waals surface area (Å²) in [4.78, 5) is 13.0. The Balaban J connectivity index is 2.65. The second-order valence-corrected chi connectivity index (χ2v) is 4.63. The van der Waals surface area contributed by atoms with Crippen LogP contribution in [0.15, 0.2) is 0 Å². The molecule has 14 heavy (non-hydrogen) atoms. The number of hydrogen-bond donors (Lipinski definition) is 0. The van der Waals surface area contributed by atoms with Crippen molar-refractivity contribution < 1.29 is 14.3 Å². The van der Waals surface area contributed by atoms with E-state index in [2.05, 4.69) is 0 Å². The van der Waals surface area contributed by atoms with Gasteiger partial charge in [0.1, 0.15) is 12.2 Å². The molecular formula is C9H15NO3S. The molecule has 0 bridgehead atoms. The van der Waals surface area contributed by atoms with E-state index in [0.717, 1.165) is 0 Å². The number of carbonyl (C=O) groups excluding carboxylic acids is 1. The summed E-state index contributed by atoms with van der Waals surface area (Å²) < 4.78 is 10.3. The van der Waals surface area contributed by atoms with E-state index in [1.807, 2.05) is 27.7 Å². The number of nitrogens with zero attached hydrogens (tertiary/aromatic N) is 1. The van der Waals surface area contributed by atoms with Crippen molar-refractivity contribution in [2.45, 2.75) is 39.3 Å². The van der Waals surface area contributed by atoms with Gasteiger partial charge in [0.25, 0.3) is 5.17 Å². The zero-order valence-electron chi connectivity index (χ0n) is 8.86. The third-order valence-electron chi connectivity index (χ3n) is 1.68. The van der Waals surface area contributed by atoms with Crippen molar-refractivity contribution >= 4 is 23.5 Å². The molecule has 80 valence electrons. The van der Waals surface area contributed by atoms with Crippen LogP contribution >= 0.6 is 12.2 Å². The Labute approximate surface area is 89.2 Å². The van der Waals surface area contributed by atoms with Gasteiger partial charge in [0.15, 0.2) is 0 Å². The first-order valence-corrected chi connectivity index (χ1v) is 4.91. The molecule has 1 aliphatic heterocycles. The Kier molecular flexibility index (Phi) is 2.99. The fourth-order valence-corrected chi connectivity index (χ4v) is 1.40. The Morgan fingerprint density at radius 2 is 2.21 bits per heavy atom. The van der Waals surface area contributed by atoms with Crippen LogP contribution in [0.2, 0.25) is 0 Å². The molecule has 1 amide bonds. The Morgan fingerprint density at radius 3 is 2.57 bits per heavy atom. The van der Waals surface area contributed by atoms with Crippen molar-refractivity contribution in [3.8, 4) is 0 Å². The van der Waals surface area contributed by atoms with Crippen molar-refractivity contribution in [3.05, 3.63) is 0 Å².